The van der Waals surface area contributed by atoms with Gasteiger partial charge in [-0.3, -0.25) is 4.90 Å². The molecule has 0 saturated carbocycles. The molecule has 1 aliphatic rings. The van der Waals surface area contributed by atoms with E-state index in [0.717, 1.165) is 31.7 Å². The van der Waals surface area contributed by atoms with Crippen molar-refractivity contribution in [3.05, 3.63) is 29.8 Å². The van der Waals surface area contributed by atoms with Crippen LogP contribution in [0.3, 0.4) is 0 Å². The number of nitrogens with zero attached hydrogens (tertiary/aromatic N) is 2. The predicted octanol–water partition coefficient (Wildman–Crippen LogP) is 2.77. The van der Waals surface area contributed by atoms with Crippen molar-refractivity contribution < 1.29 is 4.74 Å². The standard InChI is InChI=1S/C14H18N2O/c1-2-9-16-10-3-4-14(16)17-13-7-5-12(11-15)6-8-13/h5-8,14H,2-4,9-10H2,1H3. The lowest BCUT2D eigenvalue weighted by molar-refractivity contribution is 0.0609. The molecule has 0 N–H and O–H groups in total. The van der Waals surface area contributed by atoms with Gasteiger partial charge in [0.2, 0.25) is 0 Å². The summed E-state index contributed by atoms with van der Waals surface area (Å²) in [4.78, 5) is 2.39. The molecule has 1 fully saturated rings. The van der Waals surface area contributed by atoms with E-state index in [1.807, 2.05) is 12.1 Å². The second kappa shape index (κ2) is 5.70. The van der Waals surface area contributed by atoms with Crippen LogP contribution < -0.4 is 4.74 Å². The van der Waals surface area contributed by atoms with Crippen molar-refractivity contribution in [1.82, 2.24) is 4.90 Å². The maximum Gasteiger partial charge on any atom is 0.152 e. The number of nitriles is 1. The fourth-order valence-corrected chi connectivity index (χ4v) is 2.24. The zero-order valence-corrected chi connectivity index (χ0v) is 10.2. The highest BCUT2D eigenvalue weighted by Gasteiger charge is 2.24. The summed E-state index contributed by atoms with van der Waals surface area (Å²) in [6.07, 6.45) is 3.68. The highest BCUT2D eigenvalue weighted by molar-refractivity contribution is 5.34. The summed E-state index contributed by atoms with van der Waals surface area (Å²) in [7, 11) is 0. The van der Waals surface area contributed by atoms with Crippen LogP contribution in [-0.2, 0) is 0 Å². The fraction of sp³-hybridized carbons (Fsp3) is 0.500. The zero-order chi connectivity index (χ0) is 12.1. The Morgan fingerprint density at radius 3 is 2.82 bits per heavy atom. The summed E-state index contributed by atoms with van der Waals surface area (Å²) >= 11 is 0. The SMILES string of the molecule is CCCN1CCCC1Oc1ccc(C#N)cc1. The van der Waals surface area contributed by atoms with Crippen molar-refractivity contribution >= 4 is 0 Å². The first-order valence-corrected chi connectivity index (χ1v) is 6.24. The first-order chi connectivity index (χ1) is 8.33. The van der Waals surface area contributed by atoms with Gasteiger partial charge in [0.05, 0.1) is 11.6 Å². The number of ether oxygens (including phenoxy) is 1. The molecule has 1 aliphatic heterocycles. The fourth-order valence-electron chi connectivity index (χ4n) is 2.24. The average Bonchev–Trinajstić information content (AvgIpc) is 2.78. The lowest BCUT2D eigenvalue weighted by Crippen LogP contribution is -2.34. The molecule has 0 aliphatic carbocycles. The smallest absolute Gasteiger partial charge is 0.152 e. The number of hydrogen-bond donors (Lipinski definition) is 0. The average molecular weight is 230 g/mol. The minimum atomic E-state index is 0.211. The molecule has 1 heterocycles. The van der Waals surface area contributed by atoms with Crippen molar-refractivity contribution in [2.75, 3.05) is 13.1 Å². The van der Waals surface area contributed by atoms with Crippen LogP contribution in [0.25, 0.3) is 0 Å². The molecule has 3 heteroatoms. The molecular weight excluding hydrogens is 212 g/mol. The van der Waals surface area contributed by atoms with Gasteiger partial charge in [0.1, 0.15) is 5.75 Å². The Labute approximate surface area is 103 Å². The molecule has 1 unspecified atom stereocenters. The molecular formula is C14H18N2O. The van der Waals surface area contributed by atoms with Crippen molar-refractivity contribution in [1.29, 1.82) is 5.26 Å². The van der Waals surface area contributed by atoms with Gasteiger partial charge < -0.3 is 4.74 Å². The second-order valence-corrected chi connectivity index (χ2v) is 4.39. The van der Waals surface area contributed by atoms with E-state index in [0.29, 0.717) is 5.56 Å². The van der Waals surface area contributed by atoms with Gasteiger partial charge in [-0.05, 0) is 43.5 Å². The van der Waals surface area contributed by atoms with E-state index in [2.05, 4.69) is 17.9 Å². The first kappa shape index (κ1) is 11.9. The maximum absolute atomic E-state index is 8.73. The molecule has 1 aromatic carbocycles. The highest BCUT2D eigenvalue weighted by atomic mass is 16.5. The van der Waals surface area contributed by atoms with E-state index in [-0.39, 0.29) is 6.23 Å². The van der Waals surface area contributed by atoms with E-state index in [1.54, 1.807) is 12.1 Å². The van der Waals surface area contributed by atoms with E-state index >= 15 is 0 Å². The highest BCUT2D eigenvalue weighted by Crippen LogP contribution is 2.22. The van der Waals surface area contributed by atoms with Crippen LogP contribution >= 0.6 is 0 Å². The van der Waals surface area contributed by atoms with Crippen LogP contribution in [0.4, 0.5) is 0 Å². The summed E-state index contributed by atoms with van der Waals surface area (Å²) in [5, 5.41) is 8.73. The normalized spacial score (nSPS) is 20.1. The Hall–Kier alpha value is -1.53. The molecule has 0 aromatic heterocycles. The molecule has 3 nitrogen and oxygen atoms in total. The molecule has 0 radical (unpaired) electrons. The van der Waals surface area contributed by atoms with Crippen molar-refractivity contribution in [3.63, 3.8) is 0 Å². The molecule has 1 aromatic rings. The summed E-state index contributed by atoms with van der Waals surface area (Å²) in [6, 6.07) is 9.46. The van der Waals surface area contributed by atoms with Gasteiger partial charge >= 0.3 is 0 Å². The van der Waals surface area contributed by atoms with Crippen molar-refractivity contribution in [2.45, 2.75) is 32.4 Å². The maximum atomic E-state index is 8.73. The molecule has 17 heavy (non-hydrogen) atoms. The van der Waals surface area contributed by atoms with Crippen LogP contribution in [0.1, 0.15) is 31.7 Å². The predicted molar refractivity (Wildman–Crippen MR) is 66.7 cm³/mol. The molecule has 0 bridgehead atoms. The third-order valence-corrected chi connectivity index (χ3v) is 3.07. The molecule has 0 amide bonds. The molecule has 2 rings (SSSR count). The summed E-state index contributed by atoms with van der Waals surface area (Å²) in [5.74, 6) is 0.858. The summed E-state index contributed by atoms with van der Waals surface area (Å²) in [6.45, 7) is 4.42. The van der Waals surface area contributed by atoms with E-state index in [1.165, 1.54) is 6.42 Å². The van der Waals surface area contributed by atoms with E-state index in [4.69, 9.17) is 10.00 Å². The Morgan fingerprint density at radius 1 is 1.41 bits per heavy atom. The van der Waals surface area contributed by atoms with Gasteiger partial charge in [-0.25, -0.2) is 0 Å². The van der Waals surface area contributed by atoms with Gasteiger partial charge in [-0.1, -0.05) is 6.92 Å². The number of likely N-dealkylation sites (tertiary alicyclic amines) is 1. The third kappa shape index (κ3) is 2.98. The second-order valence-electron chi connectivity index (χ2n) is 4.39. The Morgan fingerprint density at radius 2 is 2.18 bits per heavy atom. The van der Waals surface area contributed by atoms with Crippen LogP contribution in [-0.4, -0.2) is 24.2 Å². The Bertz CT molecular complexity index is 394. The monoisotopic (exact) mass is 230 g/mol. The van der Waals surface area contributed by atoms with E-state index in [9.17, 15) is 0 Å². The van der Waals surface area contributed by atoms with Crippen LogP contribution in [0.15, 0.2) is 24.3 Å². The number of benzene rings is 1. The van der Waals surface area contributed by atoms with Gasteiger partial charge in [0, 0.05) is 13.1 Å². The molecule has 90 valence electrons. The quantitative estimate of drug-likeness (QED) is 0.798. The van der Waals surface area contributed by atoms with Gasteiger partial charge in [-0.15, -0.1) is 0 Å². The van der Waals surface area contributed by atoms with Crippen molar-refractivity contribution in [3.8, 4) is 11.8 Å². The summed E-state index contributed by atoms with van der Waals surface area (Å²) < 4.78 is 5.96. The number of rotatable bonds is 4. The topological polar surface area (TPSA) is 36.3 Å². The Balaban J connectivity index is 1.97. The molecule has 1 saturated heterocycles. The van der Waals surface area contributed by atoms with Crippen LogP contribution in [0.5, 0.6) is 5.75 Å². The first-order valence-electron chi connectivity index (χ1n) is 6.24. The minimum Gasteiger partial charge on any atom is -0.475 e. The molecule has 1 atom stereocenters. The van der Waals surface area contributed by atoms with Crippen LogP contribution in [0.2, 0.25) is 0 Å². The zero-order valence-electron chi connectivity index (χ0n) is 10.2. The molecule has 0 spiro atoms. The van der Waals surface area contributed by atoms with Gasteiger partial charge in [0.25, 0.3) is 0 Å². The van der Waals surface area contributed by atoms with E-state index < -0.39 is 0 Å². The lowest BCUT2D eigenvalue weighted by Gasteiger charge is -2.24. The third-order valence-electron chi connectivity index (χ3n) is 3.07. The summed E-state index contributed by atoms with van der Waals surface area (Å²) in [5.41, 5.74) is 0.675. The number of hydrogen-bond acceptors (Lipinski definition) is 3. The van der Waals surface area contributed by atoms with Crippen LogP contribution in [0, 0.1) is 11.3 Å². The minimum absolute atomic E-state index is 0.211. The van der Waals surface area contributed by atoms with Crippen molar-refractivity contribution in [2.24, 2.45) is 0 Å². The van der Waals surface area contributed by atoms with Gasteiger partial charge in [-0.2, -0.15) is 5.26 Å². The largest absolute Gasteiger partial charge is 0.475 e. The Kier molecular flexibility index (Phi) is 4.00. The van der Waals surface area contributed by atoms with Gasteiger partial charge in [0.15, 0.2) is 6.23 Å². The lowest BCUT2D eigenvalue weighted by atomic mass is 10.2.